The summed E-state index contributed by atoms with van der Waals surface area (Å²) in [5.41, 5.74) is 0.380. The van der Waals surface area contributed by atoms with Gasteiger partial charge in [0.2, 0.25) is 0 Å². The van der Waals surface area contributed by atoms with Crippen molar-refractivity contribution in [1.29, 1.82) is 0 Å². The Bertz CT molecular complexity index is 458. The van der Waals surface area contributed by atoms with Crippen LogP contribution < -0.4 is 10.9 Å². The van der Waals surface area contributed by atoms with E-state index in [-0.39, 0.29) is 10.6 Å². The molecule has 1 heterocycles. The van der Waals surface area contributed by atoms with Gasteiger partial charge in [-0.2, -0.15) is 5.10 Å². The molecule has 6 heteroatoms. The Balaban J connectivity index is 2.77. The third-order valence-corrected chi connectivity index (χ3v) is 3.45. The highest BCUT2D eigenvalue weighted by Crippen LogP contribution is 2.16. The number of halogens is 1. The van der Waals surface area contributed by atoms with Crippen LogP contribution in [0, 0.1) is 5.92 Å². The minimum Gasteiger partial charge on any atom is -0.382 e. The molecule has 5 nitrogen and oxygen atoms in total. The molecule has 0 aromatic carbocycles. The molecule has 0 saturated heterocycles. The number of hydrogen-bond donors (Lipinski definition) is 1. The molecule has 1 aromatic rings. The molecule has 1 rings (SSSR count). The van der Waals surface area contributed by atoms with E-state index in [2.05, 4.69) is 24.3 Å². The van der Waals surface area contributed by atoms with Gasteiger partial charge in [-0.3, -0.25) is 4.79 Å². The van der Waals surface area contributed by atoms with Gasteiger partial charge >= 0.3 is 0 Å². The molecule has 0 aliphatic carbocycles. The van der Waals surface area contributed by atoms with Crippen LogP contribution in [-0.2, 0) is 6.54 Å². The summed E-state index contributed by atoms with van der Waals surface area (Å²) in [6.45, 7) is 6.36. The quantitative estimate of drug-likeness (QED) is 0.832. The number of rotatable bonds is 7. The summed E-state index contributed by atoms with van der Waals surface area (Å²) in [5.74, 6) is 0.534. The summed E-state index contributed by atoms with van der Waals surface area (Å²) in [5, 5.41) is 7.54. The van der Waals surface area contributed by atoms with Gasteiger partial charge in [0.25, 0.3) is 5.56 Å². The highest BCUT2D eigenvalue weighted by atomic mass is 35.5. The molecular weight excluding hydrogens is 264 g/mol. The predicted molar refractivity (Wildman–Crippen MR) is 80.0 cm³/mol. The van der Waals surface area contributed by atoms with Gasteiger partial charge in [0.1, 0.15) is 5.02 Å². The monoisotopic (exact) mass is 286 g/mol. The van der Waals surface area contributed by atoms with Crippen molar-refractivity contribution in [2.24, 2.45) is 5.92 Å². The fourth-order valence-electron chi connectivity index (χ4n) is 1.47. The van der Waals surface area contributed by atoms with Gasteiger partial charge < -0.3 is 10.2 Å². The molecule has 0 fully saturated rings. The first-order valence-electron chi connectivity index (χ1n) is 6.59. The second-order valence-electron chi connectivity index (χ2n) is 5.10. The van der Waals surface area contributed by atoms with Gasteiger partial charge in [-0.15, -0.1) is 0 Å². The van der Waals surface area contributed by atoms with Crippen molar-refractivity contribution in [3.05, 3.63) is 21.6 Å². The SMILES string of the molecule is CCC(C)CNc1cnn(CCN(C)C)c(=O)c1Cl. The van der Waals surface area contributed by atoms with E-state index in [1.165, 1.54) is 4.68 Å². The van der Waals surface area contributed by atoms with Crippen LogP contribution in [-0.4, -0.2) is 41.9 Å². The van der Waals surface area contributed by atoms with Gasteiger partial charge in [0, 0.05) is 13.1 Å². The van der Waals surface area contributed by atoms with E-state index in [1.807, 2.05) is 19.0 Å². The van der Waals surface area contributed by atoms with E-state index in [9.17, 15) is 4.79 Å². The Hall–Kier alpha value is -1.07. The van der Waals surface area contributed by atoms with Crippen molar-refractivity contribution in [3.8, 4) is 0 Å². The van der Waals surface area contributed by atoms with Crippen molar-refractivity contribution in [2.45, 2.75) is 26.8 Å². The average molecular weight is 287 g/mol. The molecule has 1 aromatic heterocycles. The zero-order valence-corrected chi connectivity index (χ0v) is 12.9. The van der Waals surface area contributed by atoms with Crippen LogP contribution in [0.2, 0.25) is 5.02 Å². The summed E-state index contributed by atoms with van der Waals surface area (Å²) in [4.78, 5) is 14.0. The summed E-state index contributed by atoms with van der Waals surface area (Å²) in [7, 11) is 3.91. The van der Waals surface area contributed by atoms with Crippen molar-refractivity contribution in [1.82, 2.24) is 14.7 Å². The van der Waals surface area contributed by atoms with Crippen molar-refractivity contribution >= 4 is 17.3 Å². The fraction of sp³-hybridized carbons (Fsp3) is 0.692. The largest absolute Gasteiger partial charge is 0.382 e. The van der Waals surface area contributed by atoms with Gasteiger partial charge in [-0.1, -0.05) is 31.9 Å². The van der Waals surface area contributed by atoms with Crippen molar-refractivity contribution < 1.29 is 0 Å². The molecule has 0 aliphatic heterocycles. The first-order valence-corrected chi connectivity index (χ1v) is 6.97. The Labute approximate surface area is 119 Å². The smallest absolute Gasteiger partial charge is 0.287 e. The van der Waals surface area contributed by atoms with Crippen molar-refractivity contribution in [2.75, 3.05) is 32.5 Å². The number of aromatic nitrogens is 2. The molecule has 0 bridgehead atoms. The van der Waals surface area contributed by atoms with Crippen LogP contribution in [0.5, 0.6) is 0 Å². The third kappa shape index (κ3) is 4.84. The van der Waals surface area contributed by atoms with Gasteiger partial charge in [-0.25, -0.2) is 4.68 Å². The molecule has 1 atom stereocenters. The average Bonchev–Trinajstić information content (AvgIpc) is 2.38. The van der Waals surface area contributed by atoms with E-state index < -0.39 is 0 Å². The van der Waals surface area contributed by atoms with Gasteiger partial charge in [0.15, 0.2) is 0 Å². The molecule has 0 aliphatic rings. The maximum Gasteiger partial charge on any atom is 0.287 e. The molecule has 0 radical (unpaired) electrons. The lowest BCUT2D eigenvalue weighted by atomic mass is 10.1. The summed E-state index contributed by atoms with van der Waals surface area (Å²) in [6.07, 6.45) is 2.71. The molecular formula is C13H23ClN4O. The molecule has 0 saturated carbocycles. The summed E-state index contributed by atoms with van der Waals surface area (Å²) >= 11 is 6.09. The van der Waals surface area contributed by atoms with Crippen LogP contribution >= 0.6 is 11.6 Å². The number of anilines is 1. The van der Waals surface area contributed by atoms with Gasteiger partial charge in [0.05, 0.1) is 18.4 Å². The second-order valence-corrected chi connectivity index (χ2v) is 5.48. The first kappa shape index (κ1) is 16.0. The Morgan fingerprint density at radius 3 is 2.79 bits per heavy atom. The van der Waals surface area contributed by atoms with Crippen LogP contribution in [0.1, 0.15) is 20.3 Å². The van der Waals surface area contributed by atoms with Gasteiger partial charge in [-0.05, 0) is 20.0 Å². The molecule has 108 valence electrons. The van der Waals surface area contributed by atoms with Crippen LogP contribution in [0.25, 0.3) is 0 Å². The molecule has 19 heavy (non-hydrogen) atoms. The Morgan fingerprint density at radius 1 is 1.53 bits per heavy atom. The minimum atomic E-state index is -0.238. The Morgan fingerprint density at radius 2 is 2.21 bits per heavy atom. The second kappa shape index (κ2) is 7.50. The van der Waals surface area contributed by atoms with Crippen molar-refractivity contribution in [3.63, 3.8) is 0 Å². The highest BCUT2D eigenvalue weighted by Gasteiger charge is 2.10. The van der Waals surface area contributed by atoms with E-state index >= 15 is 0 Å². The number of nitrogens with zero attached hydrogens (tertiary/aromatic N) is 3. The van der Waals surface area contributed by atoms with Crippen LogP contribution in [0.3, 0.4) is 0 Å². The number of hydrogen-bond acceptors (Lipinski definition) is 4. The predicted octanol–water partition coefficient (Wildman–Crippen LogP) is 1.92. The minimum absolute atomic E-state index is 0.219. The van der Waals surface area contributed by atoms with E-state index in [0.29, 0.717) is 18.2 Å². The normalized spacial score (nSPS) is 12.7. The molecule has 0 amide bonds. The standard InChI is InChI=1S/C13H23ClN4O/c1-5-10(2)8-15-11-9-16-18(7-6-17(3)4)13(19)12(11)14/h9-10,15H,5-8H2,1-4H3. The lowest BCUT2D eigenvalue weighted by molar-refractivity contribution is 0.367. The number of nitrogens with one attached hydrogen (secondary N) is 1. The zero-order valence-electron chi connectivity index (χ0n) is 12.1. The molecule has 0 spiro atoms. The lowest BCUT2D eigenvalue weighted by Crippen LogP contribution is -2.29. The molecule has 1 N–H and O–H groups in total. The maximum absolute atomic E-state index is 12.0. The van der Waals surface area contributed by atoms with E-state index in [1.54, 1.807) is 6.20 Å². The van der Waals surface area contributed by atoms with E-state index in [4.69, 9.17) is 11.6 Å². The third-order valence-electron chi connectivity index (χ3n) is 3.08. The lowest BCUT2D eigenvalue weighted by Gasteiger charge is -2.14. The Kier molecular flexibility index (Phi) is 6.31. The summed E-state index contributed by atoms with van der Waals surface area (Å²) < 4.78 is 1.40. The van der Waals surface area contributed by atoms with Crippen LogP contribution in [0.15, 0.2) is 11.0 Å². The summed E-state index contributed by atoms with van der Waals surface area (Å²) in [6, 6.07) is 0. The zero-order chi connectivity index (χ0) is 14.4. The highest BCUT2D eigenvalue weighted by molar-refractivity contribution is 6.32. The van der Waals surface area contributed by atoms with Crippen LogP contribution in [0.4, 0.5) is 5.69 Å². The maximum atomic E-state index is 12.0. The number of likely N-dealkylation sites (N-methyl/N-ethyl adjacent to an activating group) is 1. The first-order chi connectivity index (χ1) is 8.95. The van der Waals surface area contributed by atoms with E-state index in [0.717, 1.165) is 19.5 Å². The molecule has 1 unspecified atom stereocenters. The topological polar surface area (TPSA) is 50.2 Å². The fourth-order valence-corrected chi connectivity index (χ4v) is 1.68.